The summed E-state index contributed by atoms with van der Waals surface area (Å²) in [5.41, 5.74) is 1.77. The molecule has 0 radical (unpaired) electrons. The summed E-state index contributed by atoms with van der Waals surface area (Å²) >= 11 is 0. The van der Waals surface area contributed by atoms with E-state index in [0.717, 1.165) is 16.6 Å². The van der Waals surface area contributed by atoms with Gasteiger partial charge in [-0.1, -0.05) is 17.7 Å². The zero-order valence-electron chi connectivity index (χ0n) is 11.6. The average Bonchev–Trinajstić information content (AvgIpc) is 2.77. The maximum Gasteiger partial charge on any atom is 0.247 e. The van der Waals surface area contributed by atoms with E-state index in [2.05, 4.69) is 20.2 Å². The number of anilines is 2. The number of nitrogens with one attached hydrogen (secondary N) is 2. The maximum atomic E-state index is 11.8. The first-order valence-corrected chi connectivity index (χ1v) is 7.95. The second kappa shape index (κ2) is 5.92. The van der Waals surface area contributed by atoms with Gasteiger partial charge in [-0.05, 0) is 19.1 Å². The molecule has 0 spiro atoms. The van der Waals surface area contributed by atoms with Gasteiger partial charge in [0.15, 0.2) is 5.82 Å². The molecule has 2 rings (SSSR count). The molecule has 2 aromatic rings. The van der Waals surface area contributed by atoms with Gasteiger partial charge >= 0.3 is 0 Å². The summed E-state index contributed by atoms with van der Waals surface area (Å²) in [6.07, 6.45) is 2.25. The fourth-order valence-electron chi connectivity index (χ4n) is 1.58. The van der Waals surface area contributed by atoms with Crippen LogP contribution in [0.1, 0.15) is 5.56 Å². The summed E-state index contributed by atoms with van der Waals surface area (Å²) in [6.45, 7) is 1.84. The molecule has 0 aliphatic carbocycles. The third-order valence-corrected chi connectivity index (χ3v) is 3.03. The topological polar surface area (TPSA) is 106 Å². The molecule has 0 bridgehead atoms. The van der Waals surface area contributed by atoms with Crippen molar-refractivity contribution in [3.8, 4) is 0 Å². The molecule has 8 nitrogen and oxygen atoms in total. The monoisotopic (exact) mass is 309 g/mol. The van der Waals surface area contributed by atoms with E-state index in [9.17, 15) is 13.2 Å². The Bertz CT molecular complexity index is 737. The van der Waals surface area contributed by atoms with Crippen LogP contribution in [-0.4, -0.2) is 35.6 Å². The van der Waals surface area contributed by atoms with Gasteiger partial charge in [-0.15, -0.1) is 5.10 Å². The molecule has 0 aliphatic rings. The predicted octanol–water partition coefficient (Wildman–Crippen LogP) is 0.597. The minimum absolute atomic E-state index is 0.0700. The van der Waals surface area contributed by atoms with Crippen LogP contribution in [-0.2, 0) is 21.4 Å². The van der Waals surface area contributed by atoms with Crippen molar-refractivity contribution in [1.29, 1.82) is 0 Å². The van der Waals surface area contributed by atoms with E-state index < -0.39 is 10.0 Å². The fourth-order valence-corrected chi connectivity index (χ4v) is 2.05. The van der Waals surface area contributed by atoms with Crippen molar-refractivity contribution in [2.24, 2.45) is 0 Å². The van der Waals surface area contributed by atoms with Gasteiger partial charge in [0.25, 0.3) is 0 Å². The third kappa shape index (κ3) is 4.88. The molecule has 1 aromatic carbocycles. The molecule has 9 heteroatoms. The first-order chi connectivity index (χ1) is 9.82. The van der Waals surface area contributed by atoms with Crippen molar-refractivity contribution in [1.82, 2.24) is 15.0 Å². The van der Waals surface area contributed by atoms with Crippen molar-refractivity contribution in [2.45, 2.75) is 13.5 Å². The van der Waals surface area contributed by atoms with Crippen molar-refractivity contribution in [3.05, 3.63) is 36.0 Å². The standard InChI is InChI=1S/C12H15N5O3S/c1-9-3-5-10(6-4-9)14-12(18)8-17-13-7-11(15-17)16-21(2,19)20/h3-7H,8H2,1-2H3,(H,14,18)(H,15,16). The quantitative estimate of drug-likeness (QED) is 0.841. The van der Waals surface area contributed by atoms with Crippen molar-refractivity contribution in [2.75, 3.05) is 16.3 Å². The highest BCUT2D eigenvalue weighted by Crippen LogP contribution is 2.08. The van der Waals surface area contributed by atoms with Crippen molar-refractivity contribution >= 4 is 27.4 Å². The lowest BCUT2D eigenvalue weighted by Crippen LogP contribution is -2.20. The van der Waals surface area contributed by atoms with Crippen LogP contribution in [0.5, 0.6) is 0 Å². The Balaban J connectivity index is 1.95. The van der Waals surface area contributed by atoms with Gasteiger partial charge in [0.05, 0.1) is 12.5 Å². The molecule has 1 aromatic heterocycles. The number of aromatic nitrogens is 3. The average molecular weight is 309 g/mol. The van der Waals surface area contributed by atoms with Crippen LogP contribution in [0.15, 0.2) is 30.5 Å². The molecule has 0 saturated heterocycles. The molecular weight excluding hydrogens is 294 g/mol. The molecule has 2 N–H and O–H groups in total. The smallest absolute Gasteiger partial charge is 0.247 e. The summed E-state index contributed by atoms with van der Waals surface area (Å²) in [5, 5.41) is 10.4. The van der Waals surface area contributed by atoms with Crippen molar-refractivity contribution in [3.63, 3.8) is 0 Å². The third-order valence-electron chi connectivity index (χ3n) is 2.45. The maximum absolute atomic E-state index is 11.8. The van der Waals surface area contributed by atoms with E-state index in [4.69, 9.17) is 0 Å². The van der Waals surface area contributed by atoms with E-state index in [-0.39, 0.29) is 18.3 Å². The lowest BCUT2D eigenvalue weighted by atomic mass is 10.2. The summed E-state index contributed by atoms with van der Waals surface area (Å²) < 4.78 is 24.2. The fraction of sp³-hybridized carbons (Fsp3) is 0.250. The molecule has 1 heterocycles. The summed E-state index contributed by atoms with van der Waals surface area (Å²) in [6, 6.07) is 7.35. The predicted molar refractivity (Wildman–Crippen MR) is 78.3 cm³/mol. The Kier molecular flexibility index (Phi) is 4.22. The Labute approximate surface area is 122 Å². The number of sulfonamides is 1. The van der Waals surface area contributed by atoms with Crippen LogP contribution >= 0.6 is 0 Å². The number of hydrogen-bond acceptors (Lipinski definition) is 5. The summed E-state index contributed by atoms with van der Waals surface area (Å²) in [7, 11) is -3.41. The number of aryl methyl sites for hydroxylation is 1. The van der Waals surface area contributed by atoms with E-state index >= 15 is 0 Å². The summed E-state index contributed by atoms with van der Waals surface area (Å²) in [5.74, 6) is -0.235. The van der Waals surface area contributed by atoms with E-state index in [1.807, 2.05) is 19.1 Å². The van der Waals surface area contributed by atoms with Gasteiger partial charge in [0, 0.05) is 5.69 Å². The van der Waals surface area contributed by atoms with Crippen molar-refractivity contribution < 1.29 is 13.2 Å². The number of hydrogen-bond donors (Lipinski definition) is 2. The number of nitrogens with zero attached hydrogens (tertiary/aromatic N) is 3. The van der Waals surface area contributed by atoms with Gasteiger partial charge in [-0.3, -0.25) is 9.52 Å². The number of carbonyl (C=O) groups excluding carboxylic acids is 1. The Morgan fingerprint density at radius 2 is 1.95 bits per heavy atom. The van der Waals surface area contributed by atoms with Crippen LogP contribution in [0.25, 0.3) is 0 Å². The molecule has 1 amide bonds. The van der Waals surface area contributed by atoms with Gasteiger partial charge in [0.2, 0.25) is 15.9 Å². The van der Waals surface area contributed by atoms with Crippen LogP contribution in [0.4, 0.5) is 11.5 Å². The zero-order chi connectivity index (χ0) is 15.5. The molecule has 21 heavy (non-hydrogen) atoms. The lowest BCUT2D eigenvalue weighted by Gasteiger charge is -2.04. The Hall–Kier alpha value is -2.42. The minimum atomic E-state index is -3.41. The largest absolute Gasteiger partial charge is 0.324 e. The molecule has 0 saturated carbocycles. The molecule has 0 unspecified atom stereocenters. The molecular formula is C12H15N5O3S. The first-order valence-electron chi connectivity index (χ1n) is 6.06. The molecule has 0 aliphatic heterocycles. The lowest BCUT2D eigenvalue weighted by molar-refractivity contribution is -0.117. The molecule has 0 fully saturated rings. The first kappa shape index (κ1) is 15.0. The van der Waals surface area contributed by atoms with E-state index in [1.54, 1.807) is 12.1 Å². The van der Waals surface area contributed by atoms with Gasteiger partial charge < -0.3 is 5.32 Å². The highest BCUT2D eigenvalue weighted by molar-refractivity contribution is 7.92. The highest BCUT2D eigenvalue weighted by atomic mass is 32.2. The number of rotatable bonds is 5. The Morgan fingerprint density at radius 3 is 2.57 bits per heavy atom. The Morgan fingerprint density at radius 1 is 1.29 bits per heavy atom. The normalized spacial score (nSPS) is 11.1. The van der Waals surface area contributed by atoms with Gasteiger partial charge in [-0.2, -0.15) is 9.90 Å². The SMILES string of the molecule is Cc1ccc(NC(=O)Cn2ncc(NS(C)(=O)=O)n2)cc1. The van der Waals surface area contributed by atoms with Crippen LogP contribution in [0.2, 0.25) is 0 Å². The van der Waals surface area contributed by atoms with E-state index in [0.29, 0.717) is 5.69 Å². The molecule has 112 valence electrons. The van der Waals surface area contributed by atoms with Crippen LogP contribution in [0, 0.1) is 6.92 Å². The molecule has 0 atom stereocenters. The second-order valence-corrected chi connectivity index (χ2v) is 6.30. The van der Waals surface area contributed by atoms with Crippen LogP contribution in [0.3, 0.4) is 0 Å². The van der Waals surface area contributed by atoms with E-state index in [1.165, 1.54) is 6.20 Å². The summed E-state index contributed by atoms with van der Waals surface area (Å²) in [4.78, 5) is 12.9. The number of carbonyl (C=O) groups is 1. The van der Waals surface area contributed by atoms with Crippen LogP contribution < -0.4 is 10.0 Å². The van der Waals surface area contributed by atoms with Gasteiger partial charge in [-0.25, -0.2) is 8.42 Å². The zero-order valence-corrected chi connectivity index (χ0v) is 12.4. The number of amides is 1. The number of benzene rings is 1. The van der Waals surface area contributed by atoms with Gasteiger partial charge in [0.1, 0.15) is 6.54 Å². The second-order valence-electron chi connectivity index (χ2n) is 4.55. The highest BCUT2D eigenvalue weighted by Gasteiger charge is 2.09. The minimum Gasteiger partial charge on any atom is -0.324 e.